The van der Waals surface area contributed by atoms with Crippen molar-refractivity contribution in [3.05, 3.63) is 35.9 Å². The SMILES string of the molecule is CC(N)CCC(=O)NCC(O)c1ccccc1.Cl. The summed E-state index contributed by atoms with van der Waals surface area (Å²) in [7, 11) is 0. The molecule has 1 rings (SSSR count). The Labute approximate surface area is 114 Å². The van der Waals surface area contributed by atoms with E-state index in [0.29, 0.717) is 12.8 Å². The predicted octanol–water partition coefficient (Wildman–Crippen LogP) is 1.39. The Bertz CT molecular complexity index is 344. The molecule has 4 N–H and O–H groups in total. The molecular weight excluding hydrogens is 252 g/mol. The number of carbonyl (C=O) groups excluding carboxylic acids is 1. The second-order valence-electron chi connectivity index (χ2n) is 4.25. The molecule has 0 aromatic heterocycles. The van der Waals surface area contributed by atoms with E-state index < -0.39 is 6.10 Å². The zero-order valence-corrected chi connectivity index (χ0v) is 11.3. The Morgan fingerprint density at radius 1 is 1.39 bits per heavy atom. The minimum atomic E-state index is -0.657. The van der Waals surface area contributed by atoms with E-state index in [1.54, 1.807) is 0 Å². The number of benzene rings is 1. The van der Waals surface area contributed by atoms with Gasteiger partial charge < -0.3 is 16.2 Å². The summed E-state index contributed by atoms with van der Waals surface area (Å²) in [6, 6.07) is 9.29. The fourth-order valence-corrected chi connectivity index (χ4v) is 1.45. The highest BCUT2D eigenvalue weighted by atomic mass is 35.5. The van der Waals surface area contributed by atoms with Crippen molar-refractivity contribution in [1.82, 2.24) is 5.32 Å². The molecule has 0 fully saturated rings. The number of halogens is 1. The van der Waals surface area contributed by atoms with Crippen LogP contribution in [0.4, 0.5) is 0 Å². The molecule has 0 radical (unpaired) electrons. The lowest BCUT2D eigenvalue weighted by Crippen LogP contribution is -2.29. The Morgan fingerprint density at radius 2 is 2.00 bits per heavy atom. The third kappa shape index (κ3) is 6.59. The average Bonchev–Trinajstić information content (AvgIpc) is 2.34. The monoisotopic (exact) mass is 272 g/mol. The van der Waals surface area contributed by atoms with Crippen LogP contribution in [0.25, 0.3) is 0 Å². The molecule has 0 spiro atoms. The molecule has 1 aromatic carbocycles. The van der Waals surface area contributed by atoms with Gasteiger partial charge in [0.05, 0.1) is 6.10 Å². The predicted molar refractivity (Wildman–Crippen MR) is 74.5 cm³/mol. The van der Waals surface area contributed by atoms with Crippen LogP contribution < -0.4 is 11.1 Å². The van der Waals surface area contributed by atoms with Crippen LogP contribution in [-0.2, 0) is 4.79 Å². The van der Waals surface area contributed by atoms with Gasteiger partial charge in [-0.15, -0.1) is 12.4 Å². The maximum Gasteiger partial charge on any atom is 0.220 e. The van der Waals surface area contributed by atoms with Crippen molar-refractivity contribution in [2.75, 3.05) is 6.54 Å². The molecule has 0 bridgehead atoms. The minimum absolute atomic E-state index is 0. The van der Waals surface area contributed by atoms with E-state index in [-0.39, 0.29) is 30.9 Å². The summed E-state index contributed by atoms with van der Waals surface area (Å²) in [6.45, 7) is 2.11. The topological polar surface area (TPSA) is 75.4 Å². The Balaban J connectivity index is 0.00000289. The number of amides is 1. The number of hydrogen-bond donors (Lipinski definition) is 3. The van der Waals surface area contributed by atoms with Crippen LogP contribution in [0, 0.1) is 0 Å². The molecule has 1 aromatic rings. The lowest BCUT2D eigenvalue weighted by Gasteiger charge is -2.12. The molecule has 0 aliphatic rings. The van der Waals surface area contributed by atoms with Gasteiger partial charge in [-0.05, 0) is 18.9 Å². The quantitative estimate of drug-likeness (QED) is 0.732. The average molecular weight is 273 g/mol. The van der Waals surface area contributed by atoms with Crippen LogP contribution in [0.15, 0.2) is 30.3 Å². The Morgan fingerprint density at radius 3 is 2.56 bits per heavy atom. The minimum Gasteiger partial charge on any atom is -0.387 e. The lowest BCUT2D eigenvalue weighted by atomic mass is 10.1. The van der Waals surface area contributed by atoms with Crippen molar-refractivity contribution >= 4 is 18.3 Å². The van der Waals surface area contributed by atoms with Gasteiger partial charge >= 0.3 is 0 Å². The third-order valence-electron chi connectivity index (χ3n) is 2.50. The van der Waals surface area contributed by atoms with Crippen LogP contribution in [0.2, 0.25) is 0 Å². The first-order valence-corrected chi connectivity index (χ1v) is 5.85. The summed E-state index contributed by atoms with van der Waals surface area (Å²) in [6.07, 6.45) is 0.405. The van der Waals surface area contributed by atoms with Crippen LogP contribution in [0.1, 0.15) is 31.4 Å². The van der Waals surface area contributed by atoms with Gasteiger partial charge in [-0.1, -0.05) is 30.3 Å². The Kier molecular flexibility index (Phi) is 8.37. The summed E-state index contributed by atoms with van der Waals surface area (Å²) >= 11 is 0. The number of nitrogens with two attached hydrogens (primary N) is 1. The molecule has 1 amide bonds. The lowest BCUT2D eigenvalue weighted by molar-refractivity contribution is -0.121. The third-order valence-corrected chi connectivity index (χ3v) is 2.50. The van der Waals surface area contributed by atoms with Gasteiger partial charge in [0, 0.05) is 19.0 Å². The van der Waals surface area contributed by atoms with Crippen molar-refractivity contribution in [3.63, 3.8) is 0 Å². The second-order valence-corrected chi connectivity index (χ2v) is 4.25. The highest BCUT2D eigenvalue weighted by Gasteiger charge is 2.09. The first kappa shape index (κ1) is 16.9. The Hall–Kier alpha value is -1.10. The van der Waals surface area contributed by atoms with Crippen molar-refractivity contribution in [2.24, 2.45) is 5.73 Å². The summed E-state index contributed by atoms with van der Waals surface area (Å²) in [5.41, 5.74) is 6.36. The molecule has 0 saturated carbocycles. The van der Waals surface area contributed by atoms with Crippen LogP contribution in [0.3, 0.4) is 0 Å². The standard InChI is InChI=1S/C13H20N2O2.ClH/c1-10(14)7-8-13(17)15-9-12(16)11-5-3-2-4-6-11;/h2-6,10,12,16H,7-9,14H2,1H3,(H,15,17);1H. The van der Waals surface area contributed by atoms with E-state index in [0.717, 1.165) is 5.56 Å². The fourth-order valence-electron chi connectivity index (χ4n) is 1.45. The highest BCUT2D eigenvalue weighted by molar-refractivity contribution is 5.85. The number of hydrogen-bond acceptors (Lipinski definition) is 3. The van der Waals surface area contributed by atoms with Crippen LogP contribution >= 0.6 is 12.4 Å². The molecule has 0 heterocycles. The summed E-state index contributed by atoms with van der Waals surface area (Å²) in [4.78, 5) is 11.4. The van der Waals surface area contributed by atoms with E-state index in [4.69, 9.17) is 5.73 Å². The maximum atomic E-state index is 11.4. The molecule has 0 saturated heterocycles. The smallest absolute Gasteiger partial charge is 0.220 e. The van der Waals surface area contributed by atoms with Gasteiger partial charge in [0.2, 0.25) is 5.91 Å². The van der Waals surface area contributed by atoms with E-state index >= 15 is 0 Å². The zero-order valence-electron chi connectivity index (χ0n) is 10.5. The van der Waals surface area contributed by atoms with Gasteiger partial charge in [-0.25, -0.2) is 0 Å². The number of aliphatic hydroxyl groups excluding tert-OH is 1. The fraction of sp³-hybridized carbons (Fsp3) is 0.462. The van der Waals surface area contributed by atoms with Gasteiger partial charge in [-0.3, -0.25) is 4.79 Å². The molecule has 5 heteroatoms. The van der Waals surface area contributed by atoms with Gasteiger partial charge in [0.25, 0.3) is 0 Å². The van der Waals surface area contributed by atoms with Gasteiger partial charge in [0.1, 0.15) is 0 Å². The van der Waals surface area contributed by atoms with Gasteiger partial charge in [-0.2, -0.15) is 0 Å². The normalized spacial score (nSPS) is 13.3. The first-order valence-electron chi connectivity index (χ1n) is 5.85. The molecule has 2 atom stereocenters. The van der Waals surface area contributed by atoms with Gasteiger partial charge in [0.15, 0.2) is 0 Å². The van der Waals surface area contributed by atoms with E-state index in [2.05, 4.69) is 5.32 Å². The van der Waals surface area contributed by atoms with Crippen molar-refractivity contribution in [1.29, 1.82) is 0 Å². The molecule has 2 unspecified atom stereocenters. The maximum absolute atomic E-state index is 11.4. The molecule has 0 aliphatic heterocycles. The summed E-state index contributed by atoms with van der Waals surface area (Å²) < 4.78 is 0. The molecule has 102 valence electrons. The summed E-state index contributed by atoms with van der Waals surface area (Å²) in [5, 5.41) is 12.5. The zero-order chi connectivity index (χ0) is 12.7. The molecular formula is C13H21ClN2O2. The van der Waals surface area contributed by atoms with Crippen molar-refractivity contribution < 1.29 is 9.90 Å². The van der Waals surface area contributed by atoms with Crippen LogP contribution in [0.5, 0.6) is 0 Å². The number of carbonyl (C=O) groups is 1. The van der Waals surface area contributed by atoms with Crippen LogP contribution in [-0.4, -0.2) is 23.6 Å². The number of rotatable bonds is 6. The van der Waals surface area contributed by atoms with Crippen molar-refractivity contribution in [3.8, 4) is 0 Å². The largest absolute Gasteiger partial charge is 0.387 e. The highest BCUT2D eigenvalue weighted by Crippen LogP contribution is 2.10. The molecule has 0 aliphatic carbocycles. The van der Waals surface area contributed by atoms with E-state index in [9.17, 15) is 9.90 Å². The first-order chi connectivity index (χ1) is 8.09. The summed E-state index contributed by atoms with van der Waals surface area (Å²) in [5.74, 6) is -0.0720. The van der Waals surface area contributed by atoms with E-state index in [1.807, 2.05) is 37.3 Å². The molecule has 4 nitrogen and oxygen atoms in total. The number of aliphatic hydroxyl groups is 1. The van der Waals surface area contributed by atoms with Crippen molar-refractivity contribution in [2.45, 2.75) is 31.9 Å². The van der Waals surface area contributed by atoms with E-state index in [1.165, 1.54) is 0 Å². The molecule has 18 heavy (non-hydrogen) atoms. The number of nitrogens with one attached hydrogen (secondary N) is 1. The second kappa shape index (κ2) is 8.91.